The zero-order valence-electron chi connectivity index (χ0n) is 14.4. The maximum atomic E-state index is 5.45. The first-order valence-corrected chi connectivity index (χ1v) is 8.58. The molecule has 0 atom stereocenters. The van der Waals surface area contributed by atoms with Gasteiger partial charge in [0.25, 0.3) is 0 Å². The Kier molecular flexibility index (Phi) is 6.47. The molecule has 5 nitrogen and oxygen atoms in total. The van der Waals surface area contributed by atoms with Crippen molar-refractivity contribution in [2.45, 2.75) is 38.8 Å². The van der Waals surface area contributed by atoms with Gasteiger partial charge in [0.1, 0.15) is 11.5 Å². The summed E-state index contributed by atoms with van der Waals surface area (Å²) in [6.07, 6.45) is 2.30. The highest BCUT2D eigenvalue weighted by Gasteiger charge is 2.24. The number of quaternary nitrogens is 1. The van der Waals surface area contributed by atoms with Crippen LogP contribution in [0.15, 0.2) is 18.2 Å². The SMILES string of the molecule is COc1ccc(NC(=S)NC2CC[NH+](C(C)C)CC2)c(OC)c1. The van der Waals surface area contributed by atoms with E-state index in [2.05, 4.69) is 24.5 Å². The maximum Gasteiger partial charge on any atom is 0.171 e. The standard InChI is InChI=1S/C17H27N3O2S/c1-12(2)20-9-7-13(8-10-20)18-17(23)19-15-6-5-14(21-3)11-16(15)22-4/h5-6,11-13H,7-10H2,1-4H3,(H2,18,19,23)/p+1. The van der Waals surface area contributed by atoms with E-state index in [0.717, 1.165) is 24.3 Å². The van der Waals surface area contributed by atoms with Gasteiger partial charge in [0.2, 0.25) is 0 Å². The van der Waals surface area contributed by atoms with E-state index in [1.165, 1.54) is 13.1 Å². The number of methoxy groups -OCH3 is 2. The molecule has 1 aliphatic heterocycles. The molecule has 6 heteroatoms. The van der Waals surface area contributed by atoms with Crippen molar-refractivity contribution in [2.75, 3.05) is 32.6 Å². The van der Waals surface area contributed by atoms with Gasteiger partial charge in [-0.25, -0.2) is 0 Å². The quantitative estimate of drug-likeness (QED) is 0.710. The number of likely N-dealkylation sites (tertiary alicyclic amines) is 1. The highest BCUT2D eigenvalue weighted by molar-refractivity contribution is 7.80. The molecule has 3 N–H and O–H groups in total. The fourth-order valence-corrected chi connectivity index (χ4v) is 3.23. The summed E-state index contributed by atoms with van der Waals surface area (Å²) in [6, 6.07) is 6.79. The average molecular weight is 338 g/mol. The van der Waals surface area contributed by atoms with Crippen molar-refractivity contribution in [1.82, 2.24) is 5.32 Å². The molecule has 1 fully saturated rings. The smallest absolute Gasteiger partial charge is 0.171 e. The van der Waals surface area contributed by atoms with Crippen LogP contribution in [0.3, 0.4) is 0 Å². The first-order valence-electron chi connectivity index (χ1n) is 8.17. The van der Waals surface area contributed by atoms with Gasteiger partial charge in [-0.15, -0.1) is 0 Å². The minimum absolute atomic E-state index is 0.446. The lowest BCUT2D eigenvalue weighted by Gasteiger charge is -2.32. The van der Waals surface area contributed by atoms with Gasteiger partial charge in [0.05, 0.1) is 39.0 Å². The normalized spacial score (nSPS) is 20.9. The largest absolute Gasteiger partial charge is 0.497 e. The Labute approximate surface area is 144 Å². The lowest BCUT2D eigenvalue weighted by molar-refractivity contribution is -0.926. The van der Waals surface area contributed by atoms with Crippen molar-refractivity contribution in [3.8, 4) is 11.5 Å². The van der Waals surface area contributed by atoms with Crippen LogP contribution in [0.5, 0.6) is 11.5 Å². The van der Waals surface area contributed by atoms with Crippen LogP contribution >= 0.6 is 12.2 Å². The third-order valence-electron chi connectivity index (χ3n) is 4.44. The van der Waals surface area contributed by atoms with Crippen LogP contribution in [-0.2, 0) is 0 Å². The lowest BCUT2D eigenvalue weighted by atomic mass is 10.0. The Bertz CT molecular complexity index is 529. The van der Waals surface area contributed by atoms with Crippen molar-refractivity contribution in [3.63, 3.8) is 0 Å². The first-order chi connectivity index (χ1) is 11.0. The van der Waals surface area contributed by atoms with E-state index in [9.17, 15) is 0 Å². The molecule has 0 bridgehead atoms. The highest BCUT2D eigenvalue weighted by Crippen LogP contribution is 2.28. The molecule has 0 spiro atoms. The summed E-state index contributed by atoms with van der Waals surface area (Å²) in [5.41, 5.74) is 0.844. The van der Waals surface area contributed by atoms with Gasteiger partial charge < -0.3 is 25.0 Å². The average Bonchev–Trinajstić information content (AvgIpc) is 2.55. The summed E-state index contributed by atoms with van der Waals surface area (Å²) >= 11 is 5.45. The molecule has 1 aliphatic rings. The van der Waals surface area contributed by atoms with Crippen LogP contribution in [0.1, 0.15) is 26.7 Å². The molecule has 0 unspecified atom stereocenters. The molecular formula is C17H28N3O2S+. The Morgan fingerprint density at radius 1 is 1.22 bits per heavy atom. The van der Waals surface area contributed by atoms with Gasteiger partial charge in [0.15, 0.2) is 5.11 Å². The second kappa shape index (κ2) is 8.36. The van der Waals surface area contributed by atoms with Gasteiger partial charge >= 0.3 is 0 Å². The molecule has 0 radical (unpaired) electrons. The minimum Gasteiger partial charge on any atom is -0.497 e. The third-order valence-corrected chi connectivity index (χ3v) is 4.66. The van der Waals surface area contributed by atoms with Gasteiger partial charge in [-0.2, -0.15) is 0 Å². The van der Waals surface area contributed by atoms with Crippen LogP contribution in [0.4, 0.5) is 5.69 Å². The molecule has 0 saturated carbocycles. The predicted octanol–water partition coefficient (Wildman–Crippen LogP) is 1.45. The molecule has 0 amide bonds. The van der Waals surface area contributed by atoms with Crippen LogP contribution < -0.4 is 25.0 Å². The molecule has 1 saturated heterocycles. The second-order valence-corrected chi connectivity index (χ2v) is 6.66. The summed E-state index contributed by atoms with van der Waals surface area (Å²) in [5, 5.41) is 7.30. The molecule has 23 heavy (non-hydrogen) atoms. The molecule has 1 aromatic rings. The summed E-state index contributed by atoms with van der Waals surface area (Å²) in [6.45, 7) is 6.96. The van der Waals surface area contributed by atoms with E-state index < -0.39 is 0 Å². The Hall–Kier alpha value is -1.53. The van der Waals surface area contributed by atoms with Crippen LogP contribution in [-0.4, -0.2) is 44.5 Å². The second-order valence-electron chi connectivity index (χ2n) is 6.25. The summed E-state index contributed by atoms with van der Waals surface area (Å²) in [7, 11) is 3.28. The zero-order valence-corrected chi connectivity index (χ0v) is 15.3. The number of thiocarbonyl (C=S) groups is 1. The molecule has 1 aromatic carbocycles. The van der Waals surface area contributed by atoms with E-state index in [1.807, 2.05) is 18.2 Å². The number of anilines is 1. The fraction of sp³-hybridized carbons (Fsp3) is 0.588. The number of rotatable bonds is 5. The Morgan fingerprint density at radius 3 is 2.48 bits per heavy atom. The van der Waals surface area contributed by atoms with E-state index >= 15 is 0 Å². The van der Waals surface area contributed by atoms with Gasteiger partial charge in [0, 0.05) is 24.9 Å². The molecule has 0 aliphatic carbocycles. The van der Waals surface area contributed by atoms with Crippen molar-refractivity contribution >= 4 is 23.0 Å². The number of benzene rings is 1. The molecule has 1 heterocycles. The Balaban J connectivity index is 1.88. The van der Waals surface area contributed by atoms with Gasteiger partial charge in [-0.05, 0) is 38.2 Å². The zero-order chi connectivity index (χ0) is 16.8. The van der Waals surface area contributed by atoms with Crippen LogP contribution in [0.25, 0.3) is 0 Å². The van der Waals surface area contributed by atoms with Crippen molar-refractivity contribution in [2.24, 2.45) is 0 Å². The van der Waals surface area contributed by atoms with Crippen LogP contribution in [0.2, 0.25) is 0 Å². The topological polar surface area (TPSA) is 47.0 Å². The molecule has 0 aromatic heterocycles. The van der Waals surface area contributed by atoms with Crippen molar-refractivity contribution < 1.29 is 14.4 Å². The van der Waals surface area contributed by atoms with E-state index in [0.29, 0.717) is 22.9 Å². The number of ether oxygens (including phenoxy) is 2. The van der Waals surface area contributed by atoms with Gasteiger partial charge in [-0.3, -0.25) is 0 Å². The number of hydrogen-bond acceptors (Lipinski definition) is 3. The molecule has 128 valence electrons. The van der Waals surface area contributed by atoms with Crippen molar-refractivity contribution in [3.05, 3.63) is 18.2 Å². The number of nitrogens with one attached hydrogen (secondary N) is 3. The number of hydrogen-bond donors (Lipinski definition) is 3. The van der Waals surface area contributed by atoms with E-state index in [1.54, 1.807) is 19.1 Å². The predicted molar refractivity (Wildman–Crippen MR) is 97.8 cm³/mol. The Morgan fingerprint density at radius 2 is 1.91 bits per heavy atom. The maximum absolute atomic E-state index is 5.45. The van der Waals surface area contributed by atoms with Crippen LogP contribution in [0, 0.1) is 0 Å². The summed E-state index contributed by atoms with van der Waals surface area (Å²) in [5.74, 6) is 1.47. The fourth-order valence-electron chi connectivity index (χ4n) is 2.96. The monoisotopic (exact) mass is 338 g/mol. The van der Waals surface area contributed by atoms with Gasteiger partial charge in [-0.1, -0.05) is 0 Å². The molecular weight excluding hydrogens is 310 g/mol. The van der Waals surface area contributed by atoms with Crippen molar-refractivity contribution in [1.29, 1.82) is 0 Å². The summed E-state index contributed by atoms with van der Waals surface area (Å²) < 4.78 is 10.6. The molecule has 2 rings (SSSR count). The highest BCUT2D eigenvalue weighted by atomic mass is 32.1. The van der Waals surface area contributed by atoms with E-state index in [-0.39, 0.29) is 0 Å². The van der Waals surface area contributed by atoms with E-state index in [4.69, 9.17) is 21.7 Å². The first kappa shape index (κ1) is 17.8. The minimum atomic E-state index is 0.446. The lowest BCUT2D eigenvalue weighted by Crippen LogP contribution is -3.16. The third kappa shape index (κ3) is 4.97. The number of piperidine rings is 1. The summed E-state index contributed by atoms with van der Waals surface area (Å²) in [4.78, 5) is 1.68.